The van der Waals surface area contributed by atoms with Crippen molar-refractivity contribution in [2.75, 3.05) is 6.61 Å². The number of rotatable bonds is 5. The van der Waals surface area contributed by atoms with Crippen LogP contribution in [0.1, 0.15) is 13.8 Å². The summed E-state index contributed by atoms with van der Waals surface area (Å²) in [6.07, 6.45) is 3.19. The molecule has 100 valence electrons. The van der Waals surface area contributed by atoms with Gasteiger partial charge in [0.2, 0.25) is 0 Å². The third-order valence-electron chi connectivity index (χ3n) is 2.86. The Morgan fingerprint density at radius 3 is 2.89 bits per heavy atom. The van der Waals surface area contributed by atoms with Crippen molar-refractivity contribution in [1.82, 2.24) is 4.57 Å². The summed E-state index contributed by atoms with van der Waals surface area (Å²) in [6.45, 7) is 4.95. The van der Waals surface area contributed by atoms with Crippen LogP contribution in [0.4, 0.5) is 0 Å². The number of carbonyl (C=O) groups is 1. The number of benzene rings is 1. The minimum Gasteiger partial charge on any atom is -0.493 e. The van der Waals surface area contributed by atoms with Crippen molar-refractivity contribution in [3.63, 3.8) is 0 Å². The standard InChI is InChI=1S/C15H17NO3/c1-3-19-14-6-4-5-13-12(14)7-8-16(13)10-11(2)9-15(17)18/h4-9H,3,10H2,1-2H3,(H,17,18)/b11-9+. The third-order valence-corrected chi connectivity index (χ3v) is 2.86. The zero-order valence-electron chi connectivity index (χ0n) is 11.1. The van der Waals surface area contributed by atoms with Gasteiger partial charge < -0.3 is 14.4 Å². The van der Waals surface area contributed by atoms with E-state index in [1.807, 2.05) is 48.9 Å². The van der Waals surface area contributed by atoms with E-state index in [4.69, 9.17) is 9.84 Å². The van der Waals surface area contributed by atoms with E-state index in [-0.39, 0.29) is 0 Å². The quantitative estimate of drug-likeness (QED) is 0.839. The van der Waals surface area contributed by atoms with Gasteiger partial charge in [-0.2, -0.15) is 0 Å². The zero-order valence-corrected chi connectivity index (χ0v) is 11.1. The van der Waals surface area contributed by atoms with Crippen LogP contribution >= 0.6 is 0 Å². The minimum atomic E-state index is -0.913. The van der Waals surface area contributed by atoms with Crippen molar-refractivity contribution in [3.05, 3.63) is 42.1 Å². The first-order chi connectivity index (χ1) is 9.11. The highest BCUT2D eigenvalue weighted by Gasteiger charge is 2.06. The number of carboxylic acids is 1. The highest BCUT2D eigenvalue weighted by atomic mass is 16.5. The van der Waals surface area contributed by atoms with Gasteiger partial charge in [-0.1, -0.05) is 6.07 Å². The van der Waals surface area contributed by atoms with Crippen LogP contribution in [0.3, 0.4) is 0 Å². The molecule has 0 spiro atoms. The van der Waals surface area contributed by atoms with Crippen LogP contribution in [0, 0.1) is 0 Å². The molecule has 4 nitrogen and oxygen atoms in total. The fraction of sp³-hybridized carbons (Fsp3) is 0.267. The van der Waals surface area contributed by atoms with Gasteiger partial charge >= 0.3 is 5.97 Å². The van der Waals surface area contributed by atoms with Gasteiger partial charge in [-0.05, 0) is 37.6 Å². The molecule has 1 heterocycles. The molecular weight excluding hydrogens is 242 g/mol. The highest BCUT2D eigenvalue weighted by Crippen LogP contribution is 2.27. The monoisotopic (exact) mass is 259 g/mol. The number of ether oxygens (including phenoxy) is 1. The SMILES string of the molecule is CCOc1cccc2c1ccn2C/C(C)=C/C(=O)O. The van der Waals surface area contributed by atoms with Crippen molar-refractivity contribution in [3.8, 4) is 5.75 Å². The van der Waals surface area contributed by atoms with Gasteiger partial charge in [0, 0.05) is 24.2 Å². The number of nitrogens with zero attached hydrogens (tertiary/aromatic N) is 1. The number of fused-ring (bicyclic) bond motifs is 1. The molecule has 2 rings (SSSR count). The number of aromatic nitrogens is 1. The summed E-state index contributed by atoms with van der Waals surface area (Å²) in [6, 6.07) is 7.89. The third kappa shape index (κ3) is 2.96. The largest absolute Gasteiger partial charge is 0.493 e. The van der Waals surface area contributed by atoms with Crippen molar-refractivity contribution in [2.45, 2.75) is 20.4 Å². The normalized spacial score (nSPS) is 11.8. The molecule has 19 heavy (non-hydrogen) atoms. The Kier molecular flexibility index (Phi) is 3.90. The summed E-state index contributed by atoms with van der Waals surface area (Å²) in [5, 5.41) is 9.78. The highest BCUT2D eigenvalue weighted by molar-refractivity contribution is 5.86. The Hall–Kier alpha value is -2.23. The van der Waals surface area contributed by atoms with E-state index < -0.39 is 5.97 Å². The van der Waals surface area contributed by atoms with E-state index in [2.05, 4.69) is 0 Å². The fourth-order valence-corrected chi connectivity index (χ4v) is 2.14. The van der Waals surface area contributed by atoms with Crippen LogP contribution in [-0.4, -0.2) is 22.2 Å². The molecule has 4 heteroatoms. The van der Waals surface area contributed by atoms with E-state index in [1.54, 1.807) is 0 Å². The average Bonchev–Trinajstić information content (AvgIpc) is 2.73. The maximum Gasteiger partial charge on any atom is 0.328 e. The van der Waals surface area contributed by atoms with Gasteiger partial charge in [0.1, 0.15) is 5.75 Å². The Morgan fingerprint density at radius 1 is 1.42 bits per heavy atom. The van der Waals surface area contributed by atoms with Crippen molar-refractivity contribution in [2.24, 2.45) is 0 Å². The molecule has 1 aromatic heterocycles. The molecule has 1 aromatic carbocycles. The van der Waals surface area contributed by atoms with Crippen LogP contribution in [0.5, 0.6) is 5.75 Å². The second kappa shape index (κ2) is 5.61. The lowest BCUT2D eigenvalue weighted by molar-refractivity contribution is -0.131. The van der Waals surface area contributed by atoms with E-state index in [0.29, 0.717) is 13.2 Å². The smallest absolute Gasteiger partial charge is 0.328 e. The minimum absolute atomic E-state index is 0.561. The zero-order chi connectivity index (χ0) is 13.8. The van der Waals surface area contributed by atoms with Crippen LogP contribution in [0.25, 0.3) is 10.9 Å². The molecule has 0 atom stereocenters. The van der Waals surface area contributed by atoms with E-state index in [9.17, 15) is 4.79 Å². The number of hydrogen-bond acceptors (Lipinski definition) is 2. The average molecular weight is 259 g/mol. The van der Waals surface area contributed by atoms with Gasteiger partial charge in [0.05, 0.1) is 12.1 Å². The lowest BCUT2D eigenvalue weighted by atomic mass is 10.2. The molecule has 1 N–H and O–H groups in total. The molecule has 0 unspecified atom stereocenters. The van der Waals surface area contributed by atoms with E-state index in [1.165, 1.54) is 6.08 Å². The molecule has 0 radical (unpaired) electrons. The van der Waals surface area contributed by atoms with Gasteiger partial charge in [-0.3, -0.25) is 0 Å². The summed E-state index contributed by atoms with van der Waals surface area (Å²) in [7, 11) is 0. The molecular formula is C15H17NO3. The summed E-state index contributed by atoms with van der Waals surface area (Å²) in [5.41, 5.74) is 1.84. The molecule has 0 saturated carbocycles. The van der Waals surface area contributed by atoms with Crippen LogP contribution < -0.4 is 4.74 Å². The Bertz CT molecular complexity index is 625. The van der Waals surface area contributed by atoms with Crippen LogP contribution in [0.2, 0.25) is 0 Å². The summed E-state index contributed by atoms with van der Waals surface area (Å²) < 4.78 is 7.60. The number of carboxylic acid groups (broad SMARTS) is 1. The second-order valence-corrected chi connectivity index (χ2v) is 4.39. The van der Waals surface area contributed by atoms with Gasteiger partial charge in [0.25, 0.3) is 0 Å². The molecule has 0 fully saturated rings. The lowest BCUT2D eigenvalue weighted by Crippen LogP contribution is -2.00. The molecule has 0 aliphatic carbocycles. The summed E-state index contributed by atoms with van der Waals surface area (Å²) in [5.74, 6) is -0.0532. The maximum atomic E-state index is 10.6. The molecule has 0 amide bonds. The summed E-state index contributed by atoms with van der Waals surface area (Å²) >= 11 is 0. The van der Waals surface area contributed by atoms with Crippen molar-refractivity contribution >= 4 is 16.9 Å². The second-order valence-electron chi connectivity index (χ2n) is 4.39. The van der Waals surface area contributed by atoms with E-state index in [0.717, 1.165) is 22.2 Å². The van der Waals surface area contributed by atoms with Crippen molar-refractivity contribution < 1.29 is 14.6 Å². The van der Waals surface area contributed by atoms with Gasteiger partial charge in [-0.15, -0.1) is 0 Å². The van der Waals surface area contributed by atoms with Gasteiger partial charge in [0.15, 0.2) is 0 Å². The van der Waals surface area contributed by atoms with Gasteiger partial charge in [-0.25, -0.2) is 4.79 Å². The predicted octanol–water partition coefficient (Wildman–Crippen LogP) is 3.07. The molecule has 0 bridgehead atoms. The first-order valence-corrected chi connectivity index (χ1v) is 6.22. The number of hydrogen-bond donors (Lipinski definition) is 1. The Morgan fingerprint density at radius 2 is 2.21 bits per heavy atom. The molecule has 0 aliphatic heterocycles. The molecule has 2 aromatic rings. The number of allylic oxidation sites excluding steroid dienone is 1. The molecule has 0 saturated heterocycles. The molecule has 0 aliphatic rings. The Labute approximate surface area is 111 Å². The summed E-state index contributed by atoms with van der Waals surface area (Å²) in [4.78, 5) is 10.6. The Balaban J connectivity index is 2.35. The lowest BCUT2D eigenvalue weighted by Gasteiger charge is -2.07. The fourth-order valence-electron chi connectivity index (χ4n) is 2.14. The topological polar surface area (TPSA) is 51.5 Å². The first-order valence-electron chi connectivity index (χ1n) is 6.22. The predicted molar refractivity (Wildman–Crippen MR) is 74.5 cm³/mol. The van der Waals surface area contributed by atoms with Crippen LogP contribution in [0.15, 0.2) is 42.1 Å². The van der Waals surface area contributed by atoms with E-state index >= 15 is 0 Å². The maximum absolute atomic E-state index is 10.6. The first kappa shape index (κ1) is 13.2. The van der Waals surface area contributed by atoms with Crippen molar-refractivity contribution in [1.29, 1.82) is 0 Å². The van der Waals surface area contributed by atoms with Crippen LogP contribution in [-0.2, 0) is 11.3 Å². The number of aliphatic carboxylic acids is 1.